The van der Waals surface area contributed by atoms with Crippen LogP contribution in [0.25, 0.3) is 5.76 Å². The lowest BCUT2D eigenvalue weighted by atomic mass is 9.81. The van der Waals surface area contributed by atoms with Gasteiger partial charge in [-0.1, -0.05) is 36.4 Å². The number of halogens is 1. The van der Waals surface area contributed by atoms with E-state index >= 15 is 0 Å². The van der Waals surface area contributed by atoms with Gasteiger partial charge in [-0.05, 0) is 31.0 Å². The maximum atomic E-state index is 14.5. The lowest BCUT2D eigenvalue weighted by Gasteiger charge is -2.35. The second-order valence-electron chi connectivity index (χ2n) is 9.71. The van der Waals surface area contributed by atoms with Crippen molar-refractivity contribution in [2.75, 3.05) is 50.8 Å². The number of rotatable bonds is 7. The Bertz CT molecular complexity index is 1350. The van der Waals surface area contributed by atoms with E-state index in [0.29, 0.717) is 43.0 Å². The van der Waals surface area contributed by atoms with Crippen LogP contribution in [0.4, 0.5) is 10.1 Å². The number of aliphatic hydroxyl groups is 1. The lowest BCUT2D eigenvalue weighted by Crippen LogP contribution is -2.52. The van der Waals surface area contributed by atoms with E-state index in [1.165, 1.54) is 21.9 Å². The molecule has 1 spiro atoms. The van der Waals surface area contributed by atoms with Gasteiger partial charge in [0, 0.05) is 43.9 Å². The highest BCUT2D eigenvalue weighted by molar-refractivity contribution is 6.50. The Morgan fingerprint density at radius 1 is 1.13 bits per heavy atom. The molecular weight excluding hydrogens is 489 g/mol. The number of ketones is 1. The molecular formula is C29H30FN3O5. The highest BCUT2D eigenvalue weighted by atomic mass is 19.1. The molecule has 8 nitrogen and oxygen atoms in total. The molecule has 5 rings (SSSR count). The number of hydrogen-bond acceptors (Lipinski definition) is 6. The largest absolute Gasteiger partial charge is 0.507 e. The number of benzene rings is 2. The highest BCUT2D eigenvalue weighted by Gasteiger charge is 2.66. The Kier molecular flexibility index (Phi) is 6.90. The van der Waals surface area contributed by atoms with Gasteiger partial charge in [0.2, 0.25) is 0 Å². The van der Waals surface area contributed by atoms with Gasteiger partial charge < -0.3 is 19.6 Å². The first-order valence-corrected chi connectivity index (χ1v) is 12.7. The van der Waals surface area contributed by atoms with Crippen molar-refractivity contribution in [1.82, 2.24) is 9.80 Å². The maximum absolute atomic E-state index is 14.5. The molecule has 1 N–H and O–H groups in total. The fourth-order valence-corrected chi connectivity index (χ4v) is 5.64. The molecule has 38 heavy (non-hydrogen) atoms. The van der Waals surface area contributed by atoms with Gasteiger partial charge in [-0.3, -0.25) is 19.3 Å². The Balaban J connectivity index is 1.67. The van der Waals surface area contributed by atoms with E-state index < -0.39 is 34.7 Å². The second kappa shape index (κ2) is 10.2. The molecule has 2 aromatic rings. The van der Waals surface area contributed by atoms with Crippen LogP contribution >= 0.6 is 0 Å². The molecule has 2 saturated heterocycles. The van der Waals surface area contributed by atoms with E-state index in [9.17, 15) is 23.9 Å². The molecule has 2 aromatic carbocycles. The fraction of sp³-hybridized carbons (Fsp3) is 0.345. The molecule has 3 aliphatic heterocycles. The van der Waals surface area contributed by atoms with Gasteiger partial charge in [-0.2, -0.15) is 0 Å². The summed E-state index contributed by atoms with van der Waals surface area (Å²) in [4.78, 5) is 46.4. The molecule has 0 aliphatic carbocycles. The van der Waals surface area contributed by atoms with Crippen LogP contribution in [0.15, 0.2) is 60.7 Å². The smallest absolute Gasteiger partial charge is 0.296 e. The van der Waals surface area contributed by atoms with Gasteiger partial charge in [-0.25, -0.2) is 4.39 Å². The molecule has 1 atom stereocenters. The number of morpholine rings is 1. The van der Waals surface area contributed by atoms with E-state index in [4.69, 9.17) is 4.74 Å². The van der Waals surface area contributed by atoms with Crippen molar-refractivity contribution in [3.8, 4) is 0 Å². The third-order valence-corrected chi connectivity index (χ3v) is 7.53. The SMILES string of the molecule is C=CCN1C(=O)C2(/C(=C(/O)c3ccc(C)c(F)c3)C(=O)C(=O)N2CCCN2CCOCC2)c2ccccc21. The minimum Gasteiger partial charge on any atom is -0.507 e. The van der Waals surface area contributed by atoms with Gasteiger partial charge >= 0.3 is 0 Å². The number of nitrogens with zero attached hydrogens (tertiary/aromatic N) is 3. The third kappa shape index (κ3) is 3.93. The maximum Gasteiger partial charge on any atom is 0.296 e. The predicted octanol–water partition coefficient (Wildman–Crippen LogP) is 2.96. The van der Waals surface area contributed by atoms with E-state index in [-0.39, 0.29) is 24.2 Å². The van der Waals surface area contributed by atoms with Gasteiger partial charge in [0.25, 0.3) is 17.6 Å². The van der Waals surface area contributed by atoms with Crippen molar-refractivity contribution in [2.45, 2.75) is 18.9 Å². The molecule has 198 valence electrons. The quantitative estimate of drug-likeness (QED) is 0.262. The summed E-state index contributed by atoms with van der Waals surface area (Å²) in [5, 5.41) is 11.5. The van der Waals surface area contributed by atoms with Crippen LogP contribution in [0.2, 0.25) is 0 Å². The number of fused-ring (bicyclic) bond motifs is 2. The van der Waals surface area contributed by atoms with Gasteiger partial charge in [0.15, 0.2) is 5.54 Å². The molecule has 0 radical (unpaired) electrons. The number of likely N-dealkylation sites (tertiary alicyclic amines) is 1. The van der Waals surface area contributed by atoms with Gasteiger partial charge in [-0.15, -0.1) is 6.58 Å². The van der Waals surface area contributed by atoms with Crippen LogP contribution in [-0.2, 0) is 24.7 Å². The third-order valence-electron chi connectivity index (χ3n) is 7.53. The Hall–Kier alpha value is -3.82. The van der Waals surface area contributed by atoms with Crippen LogP contribution in [0.1, 0.15) is 23.1 Å². The number of amides is 2. The molecule has 3 heterocycles. The first kappa shape index (κ1) is 25.8. The molecule has 3 aliphatic rings. The summed E-state index contributed by atoms with van der Waals surface area (Å²) in [5.74, 6) is -3.53. The van der Waals surface area contributed by atoms with Crippen molar-refractivity contribution >= 4 is 29.0 Å². The van der Waals surface area contributed by atoms with Crippen molar-refractivity contribution in [2.24, 2.45) is 0 Å². The Labute approximate surface area is 220 Å². The van der Waals surface area contributed by atoms with Crippen LogP contribution in [0, 0.1) is 12.7 Å². The number of Topliss-reactive ketones (excluding diaryl/α,β-unsaturated/α-hetero) is 1. The molecule has 9 heteroatoms. The highest BCUT2D eigenvalue weighted by Crippen LogP contribution is 2.53. The number of para-hydroxylation sites is 1. The number of aliphatic hydroxyl groups excluding tert-OH is 1. The van der Waals surface area contributed by atoms with Crippen molar-refractivity contribution < 1.29 is 28.6 Å². The van der Waals surface area contributed by atoms with Crippen molar-refractivity contribution in [3.05, 3.63) is 83.2 Å². The van der Waals surface area contributed by atoms with Crippen molar-refractivity contribution in [3.63, 3.8) is 0 Å². The summed E-state index contributed by atoms with van der Waals surface area (Å²) >= 11 is 0. The van der Waals surface area contributed by atoms with E-state index in [0.717, 1.165) is 19.2 Å². The van der Waals surface area contributed by atoms with Gasteiger partial charge in [0.1, 0.15) is 11.6 Å². The van der Waals surface area contributed by atoms with E-state index in [1.54, 1.807) is 37.3 Å². The predicted molar refractivity (Wildman–Crippen MR) is 140 cm³/mol. The summed E-state index contributed by atoms with van der Waals surface area (Å²) in [7, 11) is 0. The molecule has 0 saturated carbocycles. The first-order valence-electron chi connectivity index (χ1n) is 12.7. The van der Waals surface area contributed by atoms with E-state index in [1.807, 2.05) is 0 Å². The average Bonchev–Trinajstić information content (AvgIpc) is 3.30. The molecule has 1 unspecified atom stereocenters. The zero-order valence-electron chi connectivity index (χ0n) is 21.3. The Morgan fingerprint density at radius 3 is 2.58 bits per heavy atom. The number of ether oxygens (including phenoxy) is 1. The topological polar surface area (TPSA) is 90.4 Å². The number of hydrogen-bond donors (Lipinski definition) is 1. The molecule has 2 amide bonds. The van der Waals surface area contributed by atoms with Crippen LogP contribution in [0.3, 0.4) is 0 Å². The molecule has 0 bridgehead atoms. The zero-order chi connectivity index (χ0) is 27.0. The number of aryl methyl sites for hydroxylation is 1. The molecule has 2 fully saturated rings. The zero-order valence-corrected chi connectivity index (χ0v) is 21.3. The van der Waals surface area contributed by atoms with Gasteiger partial charge in [0.05, 0.1) is 24.5 Å². The van der Waals surface area contributed by atoms with Crippen LogP contribution in [0.5, 0.6) is 0 Å². The lowest BCUT2D eigenvalue weighted by molar-refractivity contribution is -0.143. The molecule has 0 aromatic heterocycles. The second-order valence-corrected chi connectivity index (χ2v) is 9.71. The summed E-state index contributed by atoms with van der Waals surface area (Å²) in [6.07, 6.45) is 2.07. The number of carbonyl (C=O) groups is 3. The normalized spacial score (nSPS) is 22.9. The Morgan fingerprint density at radius 2 is 1.87 bits per heavy atom. The monoisotopic (exact) mass is 519 g/mol. The minimum atomic E-state index is -1.87. The summed E-state index contributed by atoms with van der Waals surface area (Å²) in [6.45, 7) is 9.02. The summed E-state index contributed by atoms with van der Waals surface area (Å²) in [5.41, 5.74) is -0.888. The fourth-order valence-electron chi connectivity index (χ4n) is 5.64. The average molecular weight is 520 g/mol. The van der Waals surface area contributed by atoms with Crippen LogP contribution < -0.4 is 4.90 Å². The summed E-state index contributed by atoms with van der Waals surface area (Å²) in [6, 6.07) is 11.0. The summed E-state index contributed by atoms with van der Waals surface area (Å²) < 4.78 is 19.9. The van der Waals surface area contributed by atoms with Crippen molar-refractivity contribution in [1.29, 1.82) is 0 Å². The van der Waals surface area contributed by atoms with E-state index in [2.05, 4.69) is 11.5 Å². The number of anilines is 1. The van der Waals surface area contributed by atoms with Crippen LogP contribution in [-0.4, -0.2) is 78.4 Å². The first-order chi connectivity index (χ1) is 18.3. The number of carbonyl (C=O) groups excluding carboxylic acids is 3. The standard InChI is InChI=1S/C29H30FN3O5/c1-3-11-32-23-8-5-4-7-21(23)29(28(32)37)24(25(34)20-10-9-19(2)22(30)18-20)26(35)27(36)33(29)13-6-12-31-14-16-38-17-15-31/h3-5,7-10,18,34H,1,6,11-17H2,2H3/b25-24+. The minimum absolute atomic E-state index is 0.0197.